The minimum absolute atomic E-state index is 0.635. The number of piperidine rings is 1. The zero-order valence-electron chi connectivity index (χ0n) is 16.3. The third-order valence-electron chi connectivity index (χ3n) is 6.23. The maximum Gasteiger partial charge on any atom is 0.119 e. The Balaban J connectivity index is 1.32. The lowest BCUT2D eigenvalue weighted by molar-refractivity contribution is 0.176. The summed E-state index contributed by atoms with van der Waals surface area (Å²) in [5, 5.41) is 0.865. The number of fused-ring (bicyclic) bond motifs is 1. The molecule has 0 radical (unpaired) electrons. The van der Waals surface area contributed by atoms with E-state index in [2.05, 4.69) is 47.2 Å². The van der Waals surface area contributed by atoms with Gasteiger partial charge in [0.15, 0.2) is 0 Å². The average molecular weight is 385 g/mol. The Morgan fingerprint density at radius 3 is 2.67 bits per heavy atom. The largest absolute Gasteiger partial charge is 0.497 e. The maximum atomic E-state index is 6.41. The van der Waals surface area contributed by atoms with Crippen LogP contribution in [0.5, 0.6) is 5.75 Å². The molecule has 2 aromatic carbocycles. The summed E-state index contributed by atoms with van der Waals surface area (Å²) in [4.78, 5) is 5.06. The molecule has 27 heavy (non-hydrogen) atoms. The van der Waals surface area contributed by atoms with Gasteiger partial charge in [-0.15, -0.1) is 0 Å². The summed E-state index contributed by atoms with van der Waals surface area (Å²) in [6, 6.07) is 14.9. The zero-order valence-corrected chi connectivity index (χ0v) is 17.1. The van der Waals surface area contributed by atoms with Crippen LogP contribution >= 0.6 is 11.6 Å². The van der Waals surface area contributed by atoms with Crippen molar-refractivity contribution in [2.24, 2.45) is 5.92 Å². The van der Waals surface area contributed by atoms with Crippen LogP contribution in [0.1, 0.15) is 29.9 Å². The van der Waals surface area contributed by atoms with Gasteiger partial charge in [-0.3, -0.25) is 0 Å². The van der Waals surface area contributed by atoms with Crippen LogP contribution in [0.4, 0.5) is 5.69 Å². The predicted molar refractivity (Wildman–Crippen MR) is 113 cm³/mol. The number of para-hydroxylation sites is 1. The van der Waals surface area contributed by atoms with Gasteiger partial charge in [0.1, 0.15) is 5.75 Å². The standard InChI is InChI=1S/C23H29ClN2O/c1-25-15-19(21-5-3-4-6-23(21)25)16-26-11-9-17(10-12-26)13-18-14-20(27-2)7-8-22(18)24/h3-8,14,17,19H,9-13,15-16H2,1-2H3. The number of likely N-dealkylation sites (N-methyl/N-ethyl adjacent to an activating group) is 1. The SMILES string of the molecule is COc1ccc(Cl)c(CC2CCN(CC3CN(C)c4ccccc43)CC2)c1. The fourth-order valence-corrected chi connectivity index (χ4v) is 4.89. The summed E-state index contributed by atoms with van der Waals surface area (Å²) in [7, 11) is 3.92. The summed E-state index contributed by atoms with van der Waals surface area (Å²) in [5.41, 5.74) is 4.15. The zero-order chi connectivity index (χ0) is 18.8. The molecule has 0 saturated carbocycles. The van der Waals surface area contributed by atoms with Crippen LogP contribution in [0.15, 0.2) is 42.5 Å². The Hall–Kier alpha value is -1.71. The van der Waals surface area contributed by atoms with E-state index in [1.807, 2.05) is 12.1 Å². The molecule has 2 aromatic rings. The highest BCUT2D eigenvalue weighted by atomic mass is 35.5. The number of hydrogen-bond donors (Lipinski definition) is 0. The number of benzene rings is 2. The number of ether oxygens (including phenoxy) is 1. The lowest BCUT2D eigenvalue weighted by atomic mass is 9.89. The Morgan fingerprint density at radius 1 is 1.11 bits per heavy atom. The summed E-state index contributed by atoms with van der Waals surface area (Å²) < 4.78 is 5.36. The van der Waals surface area contributed by atoms with Gasteiger partial charge in [0.2, 0.25) is 0 Å². The number of anilines is 1. The van der Waals surface area contributed by atoms with E-state index in [9.17, 15) is 0 Å². The summed E-state index contributed by atoms with van der Waals surface area (Å²) >= 11 is 6.41. The highest BCUT2D eigenvalue weighted by molar-refractivity contribution is 6.31. The van der Waals surface area contributed by atoms with Crippen molar-refractivity contribution in [2.45, 2.75) is 25.2 Å². The smallest absolute Gasteiger partial charge is 0.119 e. The van der Waals surface area contributed by atoms with Crippen molar-refractivity contribution in [3.05, 3.63) is 58.6 Å². The summed E-state index contributed by atoms with van der Waals surface area (Å²) in [6.45, 7) is 4.69. The van der Waals surface area contributed by atoms with Crippen LogP contribution in [-0.4, -0.2) is 45.2 Å². The molecule has 0 N–H and O–H groups in total. The van der Waals surface area contributed by atoms with Gasteiger partial charge in [-0.1, -0.05) is 29.8 Å². The molecule has 1 atom stereocenters. The number of methoxy groups -OCH3 is 1. The van der Waals surface area contributed by atoms with Crippen LogP contribution in [-0.2, 0) is 6.42 Å². The predicted octanol–water partition coefficient (Wildman–Crippen LogP) is 4.84. The molecule has 1 saturated heterocycles. The van der Waals surface area contributed by atoms with E-state index in [4.69, 9.17) is 16.3 Å². The topological polar surface area (TPSA) is 15.7 Å². The van der Waals surface area contributed by atoms with E-state index in [1.54, 1.807) is 7.11 Å². The van der Waals surface area contributed by atoms with Crippen molar-refractivity contribution in [2.75, 3.05) is 45.2 Å². The normalized spacial score (nSPS) is 20.7. The van der Waals surface area contributed by atoms with Crippen LogP contribution in [0.2, 0.25) is 5.02 Å². The Kier molecular flexibility index (Phi) is 5.60. The van der Waals surface area contributed by atoms with Crippen LogP contribution in [0.25, 0.3) is 0 Å². The number of nitrogens with zero attached hydrogens (tertiary/aromatic N) is 2. The lowest BCUT2D eigenvalue weighted by Gasteiger charge is -2.34. The van der Waals surface area contributed by atoms with Crippen molar-refractivity contribution in [3.63, 3.8) is 0 Å². The van der Waals surface area contributed by atoms with E-state index < -0.39 is 0 Å². The average Bonchev–Trinajstić information content (AvgIpc) is 3.01. The van der Waals surface area contributed by atoms with E-state index in [0.717, 1.165) is 23.7 Å². The van der Waals surface area contributed by atoms with Gasteiger partial charge >= 0.3 is 0 Å². The molecule has 1 fully saturated rings. The quantitative estimate of drug-likeness (QED) is 0.733. The van der Waals surface area contributed by atoms with Crippen molar-refractivity contribution in [1.29, 1.82) is 0 Å². The van der Waals surface area contributed by atoms with Gasteiger partial charge in [-0.2, -0.15) is 0 Å². The van der Waals surface area contributed by atoms with Gasteiger partial charge in [0.05, 0.1) is 7.11 Å². The number of hydrogen-bond acceptors (Lipinski definition) is 3. The Bertz CT molecular complexity index is 786. The van der Waals surface area contributed by atoms with Gasteiger partial charge in [-0.25, -0.2) is 0 Å². The molecule has 2 aliphatic rings. The molecule has 4 rings (SSSR count). The second kappa shape index (κ2) is 8.12. The molecule has 0 aliphatic carbocycles. The van der Waals surface area contributed by atoms with E-state index in [-0.39, 0.29) is 0 Å². The number of rotatable bonds is 5. The van der Waals surface area contributed by atoms with E-state index in [1.165, 1.54) is 49.3 Å². The van der Waals surface area contributed by atoms with Crippen molar-refractivity contribution >= 4 is 17.3 Å². The molecule has 0 spiro atoms. The highest BCUT2D eigenvalue weighted by Gasteiger charge is 2.29. The molecule has 0 amide bonds. The second-order valence-electron chi connectivity index (χ2n) is 8.04. The van der Waals surface area contributed by atoms with Crippen molar-refractivity contribution in [3.8, 4) is 5.75 Å². The molecule has 2 aliphatic heterocycles. The van der Waals surface area contributed by atoms with Crippen molar-refractivity contribution in [1.82, 2.24) is 4.90 Å². The van der Waals surface area contributed by atoms with Gasteiger partial charge in [0, 0.05) is 36.8 Å². The molecule has 1 unspecified atom stereocenters. The number of halogens is 1. The second-order valence-corrected chi connectivity index (χ2v) is 8.45. The minimum Gasteiger partial charge on any atom is -0.497 e. The third-order valence-corrected chi connectivity index (χ3v) is 6.60. The fourth-order valence-electron chi connectivity index (χ4n) is 4.69. The third kappa shape index (κ3) is 4.09. The molecular formula is C23H29ClN2O. The number of likely N-dealkylation sites (tertiary alicyclic amines) is 1. The van der Waals surface area contributed by atoms with E-state index >= 15 is 0 Å². The first-order valence-corrected chi connectivity index (χ1v) is 10.4. The maximum absolute atomic E-state index is 6.41. The fraction of sp³-hybridized carbons (Fsp3) is 0.478. The Morgan fingerprint density at radius 2 is 1.89 bits per heavy atom. The summed E-state index contributed by atoms with van der Waals surface area (Å²) in [6.07, 6.45) is 3.55. The first kappa shape index (κ1) is 18.6. The molecule has 0 bridgehead atoms. The van der Waals surface area contributed by atoms with Crippen LogP contribution in [0.3, 0.4) is 0 Å². The monoisotopic (exact) mass is 384 g/mol. The molecule has 4 heteroatoms. The lowest BCUT2D eigenvalue weighted by Crippen LogP contribution is -2.37. The molecule has 3 nitrogen and oxygen atoms in total. The molecule has 2 heterocycles. The molecule has 144 valence electrons. The van der Waals surface area contributed by atoms with Gasteiger partial charge < -0.3 is 14.5 Å². The van der Waals surface area contributed by atoms with E-state index in [0.29, 0.717) is 11.8 Å². The first-order chi connectivity index (χ1) is 13.1. The van der Waals surface area contributed by atoms with Gasteiger partial charge in [-0.05, 0) is 73.7 Å². The molecular weight excluding hydrogens is 356 g/mol. The van der Waals surface area contributed by atoms with Gasteiger partial charge in [0.25, 0.3) is 0 Å². The summed E-state index contributed by atoms with van der Waals surface area (Å²) in [5.74, 6) is 2.25. The van der Waals surface area contributed by atoms with Crippen LogP contribution in [0, 0.1) is 5.92 Å². The van der Waals surface area contributed by atoms with Crippen LogP contribution < -0.4 is 9.64 Å². The minimum atomic E-state index is 0.635. The first-order valence-electron chi connectivity index (χ1n) is 9.99. The Labute approximate surface area is 167 Å². The molecule has 0 aromatic heterocycles. The highest BCUT2D eigenvalue weighted by Crippen LogP contribution is 2.36. The van der Waals surface area contributed by atoms with Crippen molar-refractivity contribution < 1.29 is 4.74 Å².